The van der Waals surface area contributed by atoms with Crippen LogP contribution in [0.25, 0.3) is 0 Å². The molecule has 0 spiro atoms. The van der Waals surface area contributed by atoms with Gasteiger partial charge in [-0.3, -0.25) is 15.4 Å². The maximum Gasteiger partial charge on any atom is 0.251 e. The highest BCUT2D eigenvalue weighted by molar-refractivity contribution is 8.65. The molecular weight excluding hydrogens is 357 g/mol. The first-order valence-electron chi connectivity index (χ1n) is 7.53. The van der Waals surface area contributed by atoms with E-state index in [1.54, 1.807) is 38.5 Å². The molecule has 0 radical (unpaired) electrons. The molecule has 0 fully saturated rings. The number of anilines is 1. The van der Waals surface area contributed by atoms with Crippen LogP contribution in [0.4, 0.5) is 5.95 Å². The predicted molar refractivity (Wildman–Crippen MR) is 103 cm³/mol. The Morgan fingerprint density at radius 2 is 1.88 bits per heavy atom. The van der Waals surface area contributed by atoms with Crippen molar-refractivity contribution in [3.63, 3.8) is 0 Å². The molecule has 130 valence electrons. The number of aliphatic imine (C=N–C) groups is 1. The molecule has 3 N–H and O–H groups in total. The molecule has 1 aromatic carbocycles. The largest absolute Gasteiger partial charge is 0.290 e. The SMILES string of the molecule is CC1(C)N=C(N/N=C/c2ccccc2)SP1(=O)NNc1ncccn1. The fourth-order valence-corrected chi connectivity index (χ4v) is 5.70. The van der Waals surface area contributed by atoms with Crippen molar-refractivity contribution in [3.8, 4) is 0 Å². The number of nitrogens with one attached hydrogen (secondary N) is 3. The number of rotatable bonds is 5. The van der Waals surface area contributed by atoms with Crippen LogP contribution in [0.2, 0.25) is 0 Å². The van der Waals surface area contributed by atoms with Gasteiger partial charge in [0.05, 0.1) is 6.21 Å². The van der Waals surface area contributed by atoms with Gasteiger partial charge < -0.3 is 0 Å². The van der Waals surface area contributed by atoms with Gasteiger partial charge in [0, 0.05) is 12.4 Å². The summed E-state index contributed by atoms with van der Waals surface area (Å²) in [4.78, 5) is 12.5. The molecule has 1 atom stereocenters. The summed E-state index contributed by atoms with van der Waals surface area (Å²) in [7, 11) is 0. The Morgan fingerprint density at radius 3 is 2.60 bits per heavy atom. The summed E-state index contributed by atoms with van der Waals surface area (Å²) in [6.07, 6.45) is 4.88. The standard InChI is InChI=1S/C15H18N7OPS/c1-15(2)19-14(21-18-11-12-7-4-3-5-8-12)25-24(15,23)22-20-13-16-9-6-10-17-13/h3-11H,1-2H3,(H,19,21)(H,22,23)(H,16,17,20)/b18-11+. The molecule has 1 unspecified atom stereocenters. The second kappa shape index (κ2) is 7.35. The second-order valence-corrected chi connectivity index (χ2v) is 10.7. The summed E-state index contributed by atoms with van der Waals surface area (Å²) in [5.41, 5.74) is 6.60. The summed E-state index contributed by atoms with van der Waals surface area (Å²) >= 11 is 1.13. The molecule has 0 saturated heterocycles. The molecule has 1 aliphatic heterocycles. The van der Waals surface area contributed by atoms with Gasteiger partial charge in [0.25, 0.3) is 6.49 Å². The van der Waals surface area contributed by atoms with Gasteiger partial charge in [-0.2, -0.15) is 10.3 Å². The number of hydrazone groups is 1. The van der Waals surface area contributed by atoms with Crippen LogP contribution in [0.15, 0.2) is 58.9 Å². The molecular formula is C15H18N7OPS. The molecule has 0 bridgehead atoms. The average Bonchev–Trinajstić information content (AvgIpc) is 2.84. The zero-order valence-corrected chi connectivity index (χ0v) is 15.5. The second-order valence-electron chi connectivity index (χ2n) is 5.64. The van der Waals surface area contributed by atoms with Gasteiger partial charge in [0.2, 0.25) is 5.95 Å². The Hall–Kier alpha value is -2.22. The lowest BCUT2D eigenvalue weighted by atomic mass is 10.2. The van der Waals surface area contributed by atoms with Crippen LogP contribution in [0.3, 0.4) is 0 Å². The van der Waals surface area contributed by atoms with Crippen molar-refractivity contribution in [1.29, 1.82) is 0 Å². The van der Waals surface area contributed by atoms with E-state index in [9.17, 15) is 4.57 Å². The summed E-state index contributed by atoms with van der Waals surface area (Å²) in [5.74, 6) is 0.345. The highest BCUT2D eigenvalue weighted by atomic mass is 32.7. The fourth-order valence-electron chi connectivity index (χ4n) is 1.96. The smallest absolute Gasteiger partial charge is 0.251 e. The van der Waals surface area contributed by atoms with E-state index in [1.807, 2.05) is 30.3 Å². The van der Waals surface area contributed by atoms with E-state index in [0.29, 0.717) is 11.1 Å². The number of hydrazine groups is 1. The maximum absolute atomic E-state index is 13.2. The quantitative estimate of drug-likeness (QED) is 0.419. The van der Waals surface area contributed by atoms with E-state index in [1.165, 1.54) is 0 Å². The Bertz CT molecular complexity index is 826. The Kier molecular flexibility index (Phi) is 5.17. The highest BCUT2D eigenvalue weighted by Gasteiger charge is 2.48. The molecule has 2 heterocycles. The monoisotopic (exact) mass is 375 g/mol. The van der Waals surface area contributed by atoms with Gasteiger partial charge in [0.15, 0.2) is 5.17 Å². The van der Waals surface area contributed by atoms with Crippen molar-refractivity contribution in [1.82, 2.24) is 20.6 Å². The van der Waals surface area contributed by atoms with E-state index in [2.05, 4.69) is 36.1 Å². The highest BCUT2D eigenvalue weighted by Crippen LogP contribution is 2.69. The first-order valence-corrected chi connectivity index (χ1v) is 10.7. The van der Waals surface area contributed by atoms with Crippen molar-refractivity contribution >= 4 is 35.2 Å². The number of hydrogen-bond donors (Lipinski definition) is 3. The van der Waals surface area contributed by atoms with Gasteiger partial charge in [-0.15, -0.1) is 0 Å². The number of hydrogen-bond acceptors (Lipinski definition) is 8. The minimum Gasteiger partial charge on any atom is -0.290 e. The van der Waals surface area contributed by atoms with Gasteiger partial charge in [-0.1, -0.05) is 30.3 Å². The Labute approximate surface area is 149 Å². The molecule has 1 aromatic heterocycles. The molecule has 3 rings (SSSR count). The Balaban J connectivity index is 1.62. The minimum absolute atomic E-state index is 0.345. The molecule has 10 heteroatoms. The van der Waals surface area contributed by atoms with E-state index in [4.69, 9.17) is 0 Å². The van der Waals surface area contributed by atoms with Crippen LogP contribution < -0.4 is 16.0 Å². The number of nitrogens with zero attached hydrogens (tertiary/aromatic N) is 4. The topological polar surface area (TPSA) is 104 Å². The van der Waals surface area contributed by atoms with Crippen molar-refractivity contribution in [2.45, 2.75) is 19.1 Å². The number of amidine groups is 1. The molecule has 1 aliphatic rings. The minimum atomic E-state index is -2.97. The van der Waals surface area contributed by atoms with Crippen LogP contribution >= 0.6 is 17.9 Å². The summed E-state index contributed by atoms with van der Waals surface area (Å²) in [6.45, 7) is 0.634. The van der Waals surface area contributed by atoms with Crippen LogP contribution in [0, 0.1) is 0 Å². The van der Waals surface area contributed by atoms with Gasteiger partial charge in [-0.25, -0.2) is 15.0 Å². The first kappa shape index (κ1) is 17.6. The third-order valence-corrected chi connectivity index (χ3v) is 8.83. The molecule has 0 amide bonds. The van der Waals surface area contributed by atoms with Gasteiger partial charge >= 0.3 is 0 Å². The Morgan fingerprint density at radius 1 is 1.16 bits per heavy atom. The van der Waals surface area contributed by atoms with Gasteiger partial charge in [0.1, 0.15) is 5.28 Å². The van der Waals surface area contributed by atoms with Crippen LogP contribution in [-0.4, -0.2) is 26.6 Å². The lowest BCUT2D eigenvalue weighted by Crippen LogP contribution is -2.27. The summed E-state index contributed by atoms with van der Waals surface area (Å²) in [5, 5.41) is 6.68. The number of aromatic nitrogens is 2. The molecule has 2 aromatic rings. The first-order chi connectivity index (χ1) is 12.0. The molecule has 25 heavy (non-hydrogen) atoms. The lowest BCUT2D eigenvalue weighted by molar-refractivity contribution is 0.550. The molecule has 8 nitrogen and oxygen atoms in total. The third-order valence-electron chi connectivity index (χ3n) is 3.36. The number of benzene rings is 1. The molecule has 0 saturated carbocycles. The fraction of sp³-hybridized carbons (Fsp3) is 0.200. The van der Waals surface area contributed by atoms with Crippen molar-refractivity contribution < 1.29 is 4.57 Å². The third kappa shape index (κ3) is 4.25. The van der Waals surface area contributed by atoms with Crippen LogP contribution in [0.5, 0.6) is 0 Å². The predicted octanol–water partition coefficient (Wildman–Crippen LogP) is 3.05. The zero-order chi connectivity index (χ0) is 17.8. The summed E-state index contributed by atoms with van der Waals surface area (Å²) in [6, 6.07) is 11.4. The van der Waals surface area contributed by atoms with Gasteiger partial charge in [-0.05, 0) is 36.9 Å². The normalized spacial score (nSPS) is 21.9. The summed E-state index contributed by atoms with van der Waals surface area (Å²) < 4.78 is 13.2. The van der Waals surface area contributed by atoms with Crippen molar-refractivity contribution in [2.24, 2.45) is 10.1 Å². The van der Waals surface area contributed by atoms with E-state index >= 15 is 0 Å². The zero-order valence-electron chi connectivity index (χ0n) is 13.7. The lowest BCUT2D eigenvalue weighted by Gasteiger charge is -2.24. The van der Waals surface area contributed by atoms with E-state index in [-0.39, 0.29) is 0 Å². The molecule has 0 aliphatic carbocycles. The average molecular weight is 375 g/mol. The van der Waals surface area contributed by atoms with Crippen molar-refractivity contribution in [3.05, 3.63) is 54.4 Å². The maximum atomic E-state index is 13.2. The van der Waals surface area contributed by atoms with Crippen LogP contribution in [-0.2, 0) is 4.57 Å². The van der Waals surface area contributed by atoms with E-state index < -0.39 is 11.8 Å². The van der Waals surface area contributed by atoms with Crippen molar-refractivity contribution in [2.75, 3.05) is 5.43 Å². The van der Waals surface area contributed by atoms with E-state index in [0.717, 1.165) is 16.9 Å². The van der Waals surface area contributed by atoms with Crippen LogP contribution in [0.1, 0.15) is 19.4 Å².